The van der Waals surface area contributed by atoms with E-state index >= 15 is 0 Å². The van der Waals surface area contributed by atoms with E-state index in [2.05, 4.69) is 4.98 Å². The van der Waals surface area contributed by atoms with Crippen molar-refractivity contribution in [2.75, 3.05) is 10.5 Å². The summed E-state index contributed by atoms with van der Waals surface area (Å²) in [6.45, 7) is 0. The van der Waals surface area contributed by atoms with E-state index in [0.29, 0.717) is 6.07 Å². The van der Waals surface area contributed by atoms with Crippen LogP contribution < -0.4 is 4.72 Å². The van der Waals surface area contributed by atoms with Crippen molar-refractivity contribution in [2.24, 2.45) is 0 Å². The Hall–Kier alpha value is -2.80. The predicted octanol–water partition coefficient (Wildman–Crippen LogP) is 4.06. The summed E-state index contributed by atoms with van der Waals surface area (Å²) in [6.07, 6.45) is 0.900. The van der Waals surface area contributed by atoms with Crippen LogP contribution in [0.1, 0.15) is 16.4 Å². The highest BCUT2D eigenvalue weighted by molar-refractivity contribution is 7.93. The van der Waals surface area contributed by atoms with E-state index in [4.69, 9.17) is 28.3 Å². The number of pyridine rings is 1. The highest BCUT2D eigenvalue weighted by Gasteiger charge is 2.35. The van der Waals surface area contributed by atoms with Gasteiger partial charge in [0, 0.05) is 16.8 Å². The first-order valence-electron chi connectivity index (χ1n) is 9.12. The van der Waals surface area contributed by atoms with Crippen LogP contribution in [0.4, 0.5) is 14.6 Å². The zero-order valence-corrected chi connectivity index (χ0v) is 19.9. The van der Waals surface area contributed by atoms with Gasteiger partial charge in [-0.15, -0.1) is 0 Å². The molecule has 0 aliphatic heterocycles. The van der Waals surface area contributed by atoms with Crippen molar-refractivity contribution in [1.82, 2.24) is 4.98 Å². The fourth-order valence-corrected chi connectivity index (χ4v) is 6.11. The topological polar surface area (TPSA) is 130 Å². The Balaban J connectivity index is 2.24. The molecule has 34 heavy (non-hydrogen) atoms. The molecule has 3 rings (SSSR count). The van der Waals surface area contributed by atoms with Gasteiger partial charge in [-0.1, -0.05) is 23.2 Å². The minimum absolute atomic E-state index is 0.226. The lowest BCUT2D eigenvalue weighted by atomic mass is 10.0. The van der Waals surface area contributed by atoms with Crippen LogP contribution in [-0.2, 0) is 24.7 Å². The van der Waals surface area contributed by atoms with Crippen molar-refractivity contribution in [1.29, 1.82) is 0 Å². The SMILES string of the molecule is O=C(O)CS(=O)(=O)Nc1cc(C(c2cc(F)ccc2F)S(=O)(=O)c2ccc(Cl)cc2)c(Cl)cn1. The van der Waals surface area contributed by atoms with E-state index in [-0.39, 0.29) is 20.5 Å². The zero-order valence-electron chi connectivity index (χ0n) is 16.7. The molecular formula is C20H14Cl2F2N2O6S2. The van der Waals surface area contributed by atoms with Crippen molar-refractivity contribution in [3.05, 3.63) is 87.5 Å². The van der Waals surface area contributed by atoms with E-state index < -0.39 is 59.8 Å². The molecule has 0 radical (unpaired) electrons. The minimum atomic E-state index is -4.51. The highest BCUT2D eigenvalue weighted by atomic mass is 35.5. The number of carboxylic acid groups (broad SMARTS) is 1. The molecule has 2 N–H and O–H groups in total. The van der Waals surface area contributed by atoms with Crippen LogP contribution in [0.2, 0.25) is 10.0 Å². The number of anilines is 1. The molecule has 0 aliphatic carbocycles. The van der Waals surface area contributed by atoms with Crippen molar-refractivity contribution in [2.45, 2.75) is 10.1 Å². The summed E-state index contributed by atoms with van der Waals surface area (Å²) in [5.41, 5.74) is -0.925. The first kappa shape index (κ1) is 25.8. The van der Waals surface area contributed by atoms with Gasteiger partial charge < -0.3 is 5.11 Å². The van der Waals surface area contributed by atoms with Gasteiger partial charge in [0.15, 0.2) is 15.6 Å². The average molecular weight is 551 g/mol. The van der Waals surface area contributed by atoms with E-state index in [1.165, 1.54) is 12.1 Å². The second kappa shape index (κ2) is 9.82. The third kappa shape index (κ3) is 5.81. The number of aromatic nitrogens is 1. The third-order valence-electron chi connectivity index (χ3n) is 4.43. The molecule has 0 spiro atoms. The highest BCUT2D eigenvalue weighted by Crippen LogP contribution is 2.40. The first-order valence-corrected chi connectivity index (χ1v) is 13.1. The normalized spacial score (nSPS) is 12.8. The van der Waals surface area contributed by atoms with Crippen LogP contribution in [0.25, 0.3) is 0 Å². The van der Waals surface area contributed by atoms with Gasteiger partial charge in [0.1, 0.15) is 22.7 Å². The van der Waals surface area contributed by atoms with Crippen LogP contribution in [0, 0.1) is 11.6 Å². The van der Waals surface area contributed by atoms with Gasteiger partial charge in [0.2, 0.25) is 10.0 Å². The lowest BCUT2D eigenvalue weighted by Crippen LogP contribution is -2.23. The molecule has 0 aliphatic rings. The largest absolute Gasteiger partial charge is 0.480 e. The van der Waals surface area contributed by atoms with Gasteiger partial charge in [0.25, 0.3) is 0 Å². The molecule has 1 unspecified atom stereocenters. The summed E-state index contributed by atoms with van der Waals surface area (Å²) in [7, 11) is -8.93. The third-order valence-corrected chi connectivity index (χ3v) is 8.21. The standard InChI is InChI=1S/C20H14Cl2F2N2O6S2/c21-11-1-4-13(5-2-11)34(31,32)20(15-7-12(23)3-6-17(15)24)14-8-18(25-9-16(14)22)26-33(29,30)10-19(27)28/h1-9,20H,10H2,(H,25,26)(H,27,28). The maximum absolute atomic E-state index is 14.8. The molecular weight excluding hydrogens is 537 g/mol. The zero-order chi connectivity index (χ0) is 25.3. The summed E-state index contributed by atoms with van der Waals surface area (Å²) in [4.78, 5) is 14.2. The maximum Gasteiger partial charge on any atom is 0.320 e. The predicted molar refractivity (Wildman–Crippen MR) is 121 cm³/mol. The second-order valence-corrected chi connectivity index (χ2v) is 11.5. The molecule has 0 amide bonds. The number of halogens is 4. The number of benzene rings is 2. The maximum atomic E-state index is 14.8. The second-order valence-electron chi connectivity index (χ2n) is 6.89. The van der Waals surface area contributed by atoms with E-state index in [0.717, 1.165) is 36.5 Å². The van der Waals surface area contributed by atoms with Crippen LogP contribution in [0.3, 0.4) is 0 Å². The molecule has 1 heterocycles. The number of aliphatic carboxylic acids is 1. The Bertz CT molecular complexity index is 1470. The fourth-order valence-electron chi connectivity index (χ4n) is 3.05. The van der Waals surface area contributed by atoms with Crippen LogP contribution in [0.5, 0.6) is 0 Å². The number of hydrogen-bond acceptors (Lipinski definition) is 6. The molecule has 2 aromatic carbocycles. The molecule has 1 atom stereocenters. The first-order chi connectivity index (χ1) is 15.8. The Morgan fingerprint density at radius 2 is 1.65 bits per heavy atom. The van der Waals surface area contributed by atoms with E-state index in [9.17, 15) is 30.4 Å². The number of sulfonamides is 1. The minimum Gasteiger partial charge on any atom is -0.480 e. The average Bonchev–Trinajstić information content (AvgIpc) is 2.72. The van der Waals surface area contributed by atoms with Gasteiger partial charge in [-0.25, -0.2) is 30.6 Å². The molecule has 180 valence electrons. The Kier molecular flexibility index (Phi) is 7.46. The molecule has 8 nitrogen and oxygen atoms in total. The Labute approximate surface area is 203 Å². The van der Waals surface area contributed by atoms with Crippen molar-refractivity contribution in [3.63, 3.8) is 0 Å². The lowest BCUT2D eigenvalue weighted by molar-refractivity contribution is -0.134. The smallest absolute Gasteiger partial charge is 0.320 e. The summed E-state index contributed by atoms with van der Waals surface area (Å²) in [5, 5.41) is 6.74. The Morgan fingerprint density at radius 1 is 1.00 bits per heavy atom. The number of sulfone groups is 1. The molecule has 3 aromatic rings. The molecule has 0 fully saturated rings. The Morgan fingerprint density at radius 3 is 2.26 bits per heavy atom. The van der Waals surface area contributed by atoms with Crippen LogP contribution in [-0.4, -0.2) is 38.6 Å². The number of nitrogens with one attached hydrogen (secondary N) is 1. The van der Waals surface area contributed by atoms with Crippen molar-refractivity contribution in [3.8, 4) is 0 Å². The van der Waals surface area contributed by atoms with Crippen molar-refractivity contribution < 1.29 is 35.5 Å². The quantitative estimate of drug-likeness (QED) is 0.432. The van der Waals surface area contributed by atoms with Gasteiger partial charge >= 0.3 is 5.97 Å². The number of rotatable bonds is 8. The number of nitrogens with zero attached hydrogens (tertiary/aromatic N) is 1. The van der Waals surface area contributed by atoms with Gasteiger partial charge in [-0.05, 0) is 54.1 Å². The van der Waals surface area contributed by atoms with E-state index in [1.807, 2.05) is 4.72 Å². The monoisotopic (exact) mass is 550 g/mol. The summed E-state index contributed by atoms with van der Waals surface area (Å²) >= 11 is 12.0. The van der Waals surface area contributed by atoms with Crippen molar-refractivity contribution >= 4 is 54.8 Å². The lowest BCUT2D eigenvalue weighted by Gasteiger charge is -2.21. The molecule has 0 saturated heterocycles. The molecule has 0 bridgehead atoms. The van der Waals surface area contributed by atoms with Gasteiger partial charge in [0.05, 0.1) is 9.92 Å². The molecule has 14 heteroatoms. The van der Waals surface area contributed by atoms with Gasteiger partial charge in [-0.3, -0.25) is 9.52 Å². The molecule has 1 aromatic heterocycles. The van der Waals surface area contributed by atoms with Crippen LogP contribution in [0.15, 0.2) is 59.6 Å². The summed E-state index contributed by atoms with van der Waals surface area (Å²) in [6, 6.07) is 8.01. The number of carbonyl (C=O) groups is 1. The van der Waals surface area contributed by atoms with Gasteiger partial charge in [-0.2, -0.15) is 0 Å². The van der Waals surface area contributed by atoms with Crippen LogP contribution >= 0.6 is 23.2 Å². The summed E-state index contributed by atoms with van der Waals surface area (Å²) < 4.78 is 81.8. The summed E-state index contributed by atoms with van der Waals surface area (Å²) in [5.74, 6) is -5.41. The number of carboxylic acids is 1. The molecule has 0 saturated carbocycles. The number of hydrogen-bond donors (Lipinski definition) is 2. The fraction of sp³-hybridized carbons (Fsp3) is 0.100. The van der Waals surface area contributed by atoms with E-state index in [1.54, 1.807) is 0 Å².